The molecular formula is C11H21N5O2. The Labute approximate surface area is 107 Å². The van der Waals surface area contributed by atoms with Gasteiger partial charge in [0.25, 0.3) is 0 Å². The molecule has 0 saturated heterocycles. The van der Waals surface area contributed by atoms with Crippen molar-refractivity contribution in [2.24, 2.45) is 0 Å². The van der Waals surface area contributed by atoms with E-state index in [-0.39, 0.29) is 24.7 Å². The number of urea groups is 1. The molecule has 1 heterocycles. The third kappa shape index (κ3) is 5.13. The molecule has 2 amide bonds. The van der Waals surface area contributed by atoms with Gasteiger partial charge in [0.15, 0.2) is 0 Å². The summed E-state index contributed by atoms with van der Waals surface area (Å²) in [6.07, 6.45) is 4.44. The molecule has 102 valence electrons. The van der Waals surface area contributed by atoms with Gasteiger partial charge in [-0.2, -0.15) is 5.10 Å². The molecule has 0 aliphatic heterocycles. The third-order valence-electron chi connectivity index (χ3n) is 2.61. The van der Waals surface area contributed by atoms with Crippen LogP contribution in [-0.4, -0.2) is 44.6 Å². The third-order valence-corrected chi connectivity index (χ3v) is 2.61. The summed E-state index contributed by atoms with van der Waals surface area (Å²) in [4.78, 5) is 15.5. The molecule has 0 aliphatic rings. The quantitative estimate of drug-likeness (QED) is 0.645. The minimum absolute atomic E-state index is 0.00794. The number of aliphatic hydroxyl groups is 1. The highest BCUT2D eigenvalue weighted by Crippen LogP contribution is 1.96. The molecule has 0 aliphatic carbocycles. The number of nitrogens with one attached hydrogen (secondary N) is 2. The van der Waals surface area contributed by atoms with Gasteiger partial charge >= 0.3 is 6.03 Å². The monoisotopic (exact) mass is 255 g/mol. The lowest BCUT2D eigenvalue weighted by Crippen LogP contribution is -2.46. The van der Waals surface area contributed by atoms with Crippen LogP contribution in [0.3, 0.4) is 0 Å². The molecule has 0 spiro atoms. The van der Waals surface area contributed by atoms with Crippen LogP contribution < -0.4 is 10.6 Å². The molecule has 2 atom stereocenters. The topological polar surface area (TPSA) is 92.1 Å². The number of rotatable bonds is 7. The fourth-order valence-corrected chi connectivity index (χ4v) is 1.64. The van der Waals surface area contributed by atoms with Gasteiger partial charge in [0.2, 0.25) is 0 Å². The van der Waals surface area contributed by atoms with Gasteiger partial charge in [-0.05, 0) is 19.8 Å². The summed E-state index contributed by atoms with van der Waals surface area (Å²) >= 11 is 0. The average molecular weight is 255 g/mol. The summed E-state index contributed by atoms with van der Waals surface area (Å²) in [5.74, 6) is 0. The van der Waals surface area contributed by atoms with Gasteiger partial charge in [-0.1, -0.05) is 6.92 Å². The Balaban J connectivity index is 2.30. The highest BCUT2D eigenvalue weighted by Gasteiger charge is 2.12. The molecule has 0 saturated carbocycles. The summed E-state index contributed by atoms with van der Waals surface area (Å²) in [5.41, 5.74) is 0. The number of aliphatic hydroxyl groups excluding tert-OH is 1. The van der Waals surface area contributed by atoms with Crippen LogP contribution in [0.2, 0.25) is 0 Å². The molecule has 7 heteroatoms. The molecule has 7 nitrogen and oxygen atoms in total. The Kier molecular flexibility index (Phi) is 6.13. The first-order chi connectivity index (χ1) is 8.65. The number of carbonyl (C=O) groups is 1. The van der Waals surface area contributed by atoms with Crippen LogP contribution in [-0.2, 0) is 6.54 Å². The summed E-state index contributed by atoms with van der Waals surface area (Å²) in [5, 5.41) is 18.5. The van der Waals surface area contributed by atoms with Gasteiger partial charge < -0.3 is 15.7 Å². The Hall–Kier alpha value is -1.63. The fourth-order valence-electron chi connectivity index (χ4n) is 1.64. The van der Waals surface area contributed by atoms with Crippen LogP contribution in [0.4, 0.5) is 4.79 Å². The second-order valence-electron chi connectivity index (χ2n) is 4.25. The predicted octanol–water partition coefficient (Wildman–Crippen LogP) is 0.127. The predicted molar refractivity (Wildman–Crippen MR) is 66.9 cm³/mol. The van der Waals surface area contributed by atoms with E-state index in [1.165, 1.54) is 6.33 Å². The van der Waals surface area contributed by atoms with E-state index in [0.717, 1.165) is 6.42 Å². The summed E-state index contributed by atoms with van der Waals surface area (Å²) in [6.45, 7) is 4.52. The molecule has 1 aromatic rings. The minimum atomic E-state index is -0.220. The largest absolute Gasteiger partial charge is 0.396 e. The van der Waals surface area contributed by atoms with E-state index < -0.39 is 0 Å². The van der Waals surface area contributed by atoms with Gasteiger partial charge in [0.1, 0.15) is 12.7 Å². The van der Waals surface area contributed by atoms with Crippen molar-refractivity contribution in [2.75, 3.05) is 6.61 Å². The van der Waals surface area contributed by atoms with E-state index in [2.05, 4.69) is 20.7 Å². The first-order valence-corrected chi connectivity index (χ1v) is 6.16. The number of aromatic nitrogens is 3. The maximum Gasteiger partial charge on any atom is 0.315 e. The Bertz CT molecular complexity index is 341. The van der Waals surface area contributed by atoms with Crippen LogP contribution in [0.25, 0.3) is 0 Å². The number of amides is 2. The Morgan fingerprint density at radius 1 is 1.50 bits per heavy atom. The van der Waals surface area contributed by atoms with Crippen LogP contribution >= 0.6 is 0 Å². The number of hydrogen-bond donors (Lipinski definition) is 3. The second-order valence-corrected chi connectivity index (χ2v) is 4.25. The first-order valence-electron chi connectivity index (χ1n) is 6.16. The van der Waals surface area contributed by atoms with Gasteiger partial charge in [0.05, 0.1) is 6.54 Å². The van der Waals surface area contributed by atoms with E-state index >= 15 is 0 Å². The van der Waals surface area contributed by atoms with E-state index in [4.69, 9.17) is 5.11 Å². The van der Waals surface area contributed by atoms with E-state index in [1.54, 1.807) is 11.0 Å². The number of nitrogens with zero attached hydrogens (tertiary/aromatic N) is 3. The van der Waals surface area contributed by atoms with Crippen molar-refractivity contribution in [3.8, 4) is 0 Å². The molecule has 2 unspecified atom stereocenters. The van der Waals surface area contributed by atoms with Gasteiger partial charge in [-0.3, -0.25) is 4.68 Å². The average Bonchev–Trinajstić information content (AvgIpc) is 2.80. The van der Waals surface area contributed by atoms with Crippen molar-refractivity contribution in [1.82, 2.24) is 25.4 Å². The van der Waals surface area contributed by atoms with Crippen molar-refractivity contribution in [3.05, 3.63) is 12.7 Å². The molecule has 0 bridgehead atoms. The minimum Gasteiger partial charge on any atom is -0.396 e. The van der Waals surface area contributed by atoms with Crippen LogP contribution in [0.15, 0.2) is 12.7 Å². The standard InChI is InChI=1S/C11H21N5O2/c1-3-10(4-5-17)15-11(18)14-9(2)6-16-8-12-7-13-16/h7-10,17H,3-6H2,1-2H3,(H2,14,15,18). The van der Waals surface area contributed by atoms with Gasteiger partial charge in [-0.15, -0.1) is 0 Å². The van der Waals surface area contributed by atoms with Crippen LogP contribution in [0.5, 0.6) is 0 Å². The lowest BCUT2D eigenvalue weighted by atomic mass is 10.1. The SMILES string of the molecule is CCC(CCO)NC(=O)NC(C)Cn1cncn1. The summed E-state index contributed by atoms with van der Waals surface area (Å²) in [6, 6.07) is -0.255. The van der Waals surface area contributed by atoms with Crippen LogP contribution in [0.1, 0.15) is 26.7 Å². The maximum absolute atomic E-state index is 11.7. The summed E-state index contributed by atoms with van der Waals surface area (Å²) in [7, 11) is 0. The molecule has 0 fully saturated rings. The molecule has 1 rings (SSSR count). The van der Waals surface area contributed by atoms with Crippen molar-refractivity contribution in [3.63, 3.8) is 0 Å². The van der Waals surface area contributed by atoms with Gasteiger partial charge in [0, 0.05) is 18.7 Å². The van der Waals surface area contributed by atoms with Crippen LogP contribution in [0, 0.1) is 0 Å². The number of hydrogen-bond acceptors (Lipinski definition) is 4. The maximum atomic E-state index is 11.7. The van der Waals surface area contributed by atoms with Crippen molar-refractivity contribution < 1.29 is 9.90 Å². The lowest BCUT2D eigenvalue weighted by molar-refractivity contribution is 0.224. The molecule has 3 N–H and O–H groups in total. The van der Waals surface area contributed by atoms with E-state index in [1.807, 2.05) is 13.8 Å². The normalized spacial score (nSPS) is 13.9. The smallest absolute Gasteiger partial charge is 0.315 e. The zero-order chi connectivity index (χ0) is 13.4. The molecule has 0 aromatic carbocycles. The van der Waals surface area contributed by atoms with Crippen molar-refractivity contribution >= 4 is 6.03 Å². The second kappa shape index (κ2) is 7.65. The van der Waals surface area contributed by atoms with Crippen molar-refractivity contribution in [2.45, 2.75) is 45.3 Å². The highest BCUT2D eigenvalue weighted by molar-refractivity contribution is 5.74. The Morgan fingerprint density at radius 3 is 2.83 bits per heavy atom. The first kappa shape index (κ1) is 14.4. The Morgan fingerprint density at radius 2 is 2.28 bits per heavy atom. The molecule has 18 heavy (non-hydrogen) atoms. The molecule has 0 radical (unpaired) electrons. The molecular weight excluding hydrogens is 234 g/mol. The van der Waals surface area contributed by atoms with E-state index in [9.17, 15) is 4.79 Å². The van der Waals surface area contributed by atoms with E-state index in [0.29, 0.717) is 13.0 Å². The van der Waals surface area contributed by atoms with Crippen molar-refractivity contribution in [1.29, 1.82) is 0 Å². The fraction of sp³-hybridized carbons (Fsp3) is 0.727. The summed E-state index contributed by atoms with van der Waals surface area (Å²) < 4.78 is 1.66. The lowest BCUT2D eigenvalue weighted by Gasteiger charge is -2.19. The van der Waals surface area contributed by atoms with Gasteiger partial charge in [-0.25, -0.2) is 9.78 Å². The molecule has 1 aromatic heterocycles. The zero-order valence-corrected chi connectivity index (χ0v) is 10.8. The number of carbonyl (C=O) groups excluding carboxylic acids is 1. The zero-order valence-electron chi connectivity index (χ0n) is 10.8. The highest BCUT2D eigenvalue weighted by atomic mass is 16.3.